The molecule has 0 fully saturated rings. The van der Waals surface area contributed by atoms with E-state index in [2.05, 4.69) is 195 Å². The lowest BCUT2D eigenvalue weighted by atomic mass is 9.88. The largest absolute Gasteiger partial charge is 0.309 e. The molecule has 53 heavy (non-hydrogen) atoms. The van der Waals surface area contributed by atoms with Crippen molar-refractivity contribution < 1.29 is 0 Å². The molecule has 2 heterocycles. The number of nitrogens with zero attached hydrogens (tertiary/aromatic N) is 1. The van der Waals surface area contributed by atoms with Gasteiger partial charge in [-0.2, -0.15) is 0 Å². The third-order valence-electron chi connectivity index (χ3n) is 10.3. The lowest BCUT2D eigenvalue weighted by molar-refractivity contribution is 1.10. The van der Waals surface area contributed by atoms with Gasteiger partial charge >= 0.3 is 0 Å². The van der Waals surface area contributed by atoms with Gasteiger partial charge in [0.15, 0.2) is 0 Å². The summed E-state index contributed by atoms with van der Waals surface area (Å²) < 4.78 is 2.42. The molecule has 1 aliphatic heterocycles. The molecule has 8 rings (SSSR count). The summed E-state index contributed by atoms with van der Waals surface area (Å²) in [4.78, 5) is 1.36. The minimum absolute atomic E-state index is 0.370. The Bertz CT molecular complexity index is 2550. The van der Waals surface area contributed by atoms with Gasteiger partial charge in [0, 0.05) is 26.7 Å². The molecule has 258 valence electrons. The molecule has 1 aromatic heterocycles. The van der Waals surface area contributed by atoms with Gasteiger partial charge in [-0.25, -0.2) is 0 Å². The van der Waals surface area contributed by atoms with Gasteiger partial charge in [0.25, 0.3) is 0 Å². The molecule has 0 spiro atoms. The maximum absolute atomic E-state index is 4.54. The summed E-state index contributed by atoms with van der Waals surface area (Å²) >= 11 is 1.94. The fraction of sp³-hybridized carbons (Fsp3) is 0.0980. The van der Waals surface area contributed by atoms with Crippen LogP contribution in [0.15, 0.2) is 176 Å². The zero-order chi connectivity index (χ0) is 36.3. The quantitative estimate of drug-likeness (QED) is 0.173. The molecule has 0 amide bonds. The summed E-state index contributed by atoms with van der Waals surface area (Å²) in [5, 5.41) is 1.56. The van der Waals surface area contributed by atoms with Crippen molar-refractivity contribution in [3.63, 3.8) is 0 Å². The highest BCUT2D eigenvalue weighted by Crippen LogP contribution is 2.42. The predicted octanol–water partition coefficient (Wildman–Crippen LogP) is 14.0. The van der Waals surface area contributed by atoms with Gasteiger partial charge in [-0.05, 0) is 101 Å². The summed E-state index contributed by atoms with van der Waals surface area (Å²) in [6.07, 6.45) is 23.8. The van der Waals surface area contributed by atoms with E-state index in [9.17, 15) is 0 Å². The Labute approximate surface area is 318 Å². The Balaban J connectivity index is 1.30. The zero-order valence-electron chi connectivity index (χ0n) is 30.4. The molecule has 6 aromatic rings. The highest BCUT2D eigenvalue weighted by atomic mass is 32.2. The molecule has 0 N–H and O–H groups in total. The van der Waals surface area contributed by atoms with Crippen LogP contribution in [-0.2, 0) is 12.8 Å². The summed E-state index contributed by atoms with van der Waals surface area (Å²) in [6, 6.07) is 39.9. The van der Waals surface area contributed by atoms with Crippen molar-refractivity contribution in [1.29, 1.82) is 0 Å². The van der Waals surface area contributed by atoms with Crippen molar-refractivity contribution in [2.75, 3.05) is 0 Å². The second-order valence-electron chi connectivity index (χ2n) is 13.6. The number of rotatable bonds is 5. The van der Waals surface area contributed by atoms with E-state index in [4.69, 9.17) is 0 Å². The second-order valence-corrected chi connectivity index (χ2v) is 15.0. The van der Waals surface area contributed by atoms with Gasteiger partial charge in [0.05, 0.1) is 16.9 Å². The van der Waals surface area contributed by atoms with Crippen LogP contribution in [0.1, 0.15) is 47.4 Å². The number of para-hydroxylation sites is 1. The minimum atomic E-state index is 0.370. The van der Waals surface area contributed by atoms with Crippen LogP contribution in [0.5, 0.6) is 0 Å². The van der Waals surface area contributed by atoms with E-state index in [0.29, 0.717) is 5.25 Å². The monoisotopic (exact) mass is 701 g/mol. The number of hydrogen-bond acceptors (Lipinski definition) is 1. The van der Waals surface area contributed by atoms with Gasteiger partial charge in [-0.15, -0.1) is 11.8 Å². The molecule has 2 aliphatic rings. The predicted molar refractivity (Wildman–Crippen MR) is 233 cm³/mol. The first kappa shape index (κ1) is 34.3. The molecular weight excluding hydrogens is 659 g/mol. The van der Waals surface area contributed by atoms with E-state index in [1.165, 1.54) is 43.7 Å². The van der Waals surface area contributed by atoms with Crippen molar-refractivity contribution in [3.8, 4) is 27.9 Å². The Hall–Kier alpha value is -5.83. The first-order valence-corrected chi connectivity index (χ1v) is 19.3. The van der Waals surface area contributed by atoms with E-state index in [-0.39, 0.29) is 0 Å². The number of hydrogen-bond donors (Lipinski definition) is 0. The van der Waals surface area contributed by atoms with Crippen molar-refractivity contribution >= 4 is 46.0 Å². The number of aromatic nitrogens is 1. The highest BCUT2D eigenvalue weighted by molar-refractivity contribution is 8.00. The number of fused-ring (bicyclic) bond motifs is 5. The molecule has 0 saturated carbocycles. The lowest BCUT2D eigenvalue weighted by Crippen LogP contribution is -2.02. The topological polar surface area (TPSA) is 4.93 Å². The zero-order valence-corrected chi connectivity index (χ0v) is 31.2. The minimum Gasteiger partial charge on any atom is -0.309 e. The average molecular weight is 702 g/mol. The van der Waals surface area contributed by atoms with Crippen LogP contribution >= 0.6 is 11.8 Å². The SMILES string of the molecule is C=Cc1c(/C=C\C)n(-c2ccccc2C2=C/Cc3ccccc3-c3ccccc3C(=C)/C=C\2)c2ccc(-c3cccc4c3SC(C)/C=C\C=C/C4)cc12. The van der Waals surface area contributed by atoms with E-state index >= 15 is 0 Å². The van der Waals surface area contributed by atoms with E-state index in [1.807, 2.05) is 17.8 Å². The fourth-order valence-electron chi connectivity index (χ4n) is 7.77. The molecule has 1 atom stereocenters. The molecule has 0 radical (unpaired) electrons. The number of allylic oxidation sites excluding steroid dienone is 9. The summed E-state index contributed by atoms with van der Waals surface area (Å²) in [6.45, 7) is 13.3. The molecule has 0 saturated heterocycles. The van der Waals surface area contributed by atoms with Crippen molar-refractivity contribution in [3.05, 3.63) is 204 Å². The van der Waals surface area contributed by atoms with Gasteiger partial charge < -0.3 is 4.57 Å². The maximum atomic E-state index is 4.54. The summed E-state index contributed by atoms with van der Waals surface area (Å²) in [7, 11) is 0. The number of benzene rings is 5. The van der Waals surface area contributed by atoms with Crippen LogP contribution in [0.3, 0.4) is 0 Å². The van der Waals surface area contributed by atoms with Gasteiger partial charge in [-0.1, -0.05) is 159 Å². The van der Waals surface area contributed by atoms with Gasteiger partial charge in [0.1, 0.15) is 0 Å². The highest BCUT2D eigenvalue weighted by Gasteiger charge is 2.21. The lowest BCUT2D eigenvalue weighted by Gasteiger charge is -2.18. The normalized spacial score (nSPS) is 18.4. The molecule has 2 heteroatoms. The van der Waals surface area contributed by atoms with Crippen molar-refractivity contribution in [2.24, 2.45) is 0 Å². The van der Waals surface area contributed by atoms with Gasteiger partial charge in [0.2, 0.25) is 0 Å². The molecule has 1 nitrogen and oxygen atoms in total. The first-order valence-electron chi connectivity index (χ1n) is 18.5. The maximum Gasteiger partial charge on any atom is 0.0541 e. The first-order chi connectivity index (χ1) is 26.1. The Morgan fingerprint density at radius 3 is 2.30 bits per heavy atom. The fourth-order valence-corrected chi connectivity index (χ4v) is 8.93. The Morgan fingerprint density at radius 2 is 1.47 bits per heavy atom. The summed E-state index contributed by atoms with van der Waals surface area (Å²) in [5.41, 5.74) is 16.6. The van der Waals surface area contributed by atoms with Crippen molar-refractivity contribution in [2.45, 2.75) is 36.8 Å². The molecule has 5 aromatic carbocycles. The summed E-state index contributed by atoms with van der Waals surface area (Å²) in [5.74, 6) is 0. The van der Waals surface area contributed by atoms with E-state index in [1.54, 1.807) is 0 Å². The molecule has 1 unspecified atom stereocenters. The molecule has 1 aliphatic carbocycles. The molecular formula is C51H43NS. The average Bonchev–Trinajstić information content (AvgIpc) is 3.54. The molecule has 0 bridgehead atoms. The smallest absolute Gasteiger partial charge is 0.0541 e. The van der Waals surface area contributed by atoms with Crippen LogP contribution in [0, 0.1) is 0 Å². The van der Waals surface area contributed by atoms with Crippen LogP contribution in [0.25, 0.3) is 62.1 Å². The third kappa shape index (κ3) is 6.56. The van der Waals surface area contributed by atoms with Crippen LogP contribution in [0.4, 0.5) is 0 Å². The number of thioether (sulfide) groups is 1. The van der Waals surface area contributed by atoms with Crippen molar-refractivity contribution in [1.82, 2.24) is 4.57 Å². The van der Waals surface area contributed by atoms with Crippen LogP contribution in [-0.4, -0.2) is 9.82 Å². The van der Waals surface area contributed by atoms with Gasteiger partial charge in [-0.3, -0.25) is 0 Å². The third-order valence-corrected chi connectivity index (χ3v) is 11.5. The van der Waals surface area contributed by atoms with E-state index in [0.717, 1.165) is 57.6 Å². The Morgan fingerprint density at radius 1 is 0.736 bits per heavy atom. The second kappa shape index (κ2) is 15.0. The van der Waals surface area contributed by atoms with Crippen LogP contribution in [0.2, 0.25) is 0 Å². The van der Waals surface area contributed by atoms with E-state index < -0.39 is 0 Å². The standard InChI is InChI=1S/C51H43NS/c1-5-17-48-41(6-2)47-34-40(45-26-16-21-39-20-9-7-8-18-36(4)53-51(39)45)32-33-50(47)52(48)49-27-15-14-24-44(49)38-29-28-35(3)42-22-12-13-25-46(42)43-23-11-10-19-37(43)30-31-38/h5-19,21-29,31-34,36H,2-3,20,30H2,1,4H3/b9-7-,17-5-,18-8-,29-28-,38-31+. The van der Waals surface area contributed by atoms with Crippen LogP contribution < -0.4 is 0 Å². The Kier molecular flexibility index (Phi) is 9.72.